The molecule has 5 rings (SSSR count). The van der Waals surface area contributed by atoms with Gasteiger partial charge in [0.15, 0.2) is 6.29 Å². The highest BCUT2D eigenvalue weighted by atomic mass is 35.5. The Labute approximate surface area is 206 Å². The third kappa shape index (κ3) is 4.76. The Morgan fingerprint density at radius 3 is 2.74 bits per heavy atom. The predicted molar refractivity (Wildman–Crippen MR) is 128 cm³/mol. The Bertz CT molecular complexity index is 1180. The number of hydrogen-bond donors (Lipinski definition) is 3. The van der Waals surface area contributed by atoms with Gasteiger partial charge in [0.25, 0.3) is 0 Å². The first kappa shape index (κ1) is 23.4. The largest absolute Gasteiger partial charge is 0.465 e. The van der Waals surface area contributed by atoms with Gasteiger partial charge in [-0.3, -0.25) is 5.32 Å². The highest BCUT2D eigenvalue weighted by Crippen LogP contribution is 2.44. The summed E-state index contributed by atoms with van der Waals surface area (Å²) in [5.74, 6) is 0. The Kier molecular flexibility index (Phi) is 6.99. The number of anilines is 1. The first-order chi connectivity index (χ1) is 16.5. The highest BCUT2D eigenvalue weighted by Gasteiger charge is 2.25. The van der Waals surface area contributed by atoms with Crippen LogP contribution in [0.15, 0.2) is 18.5 Å². The van der Waals surface area contributed by atoms with Gasteiger partial charge in [0, 0.05) is 35.9 Å². The molecule has 2 aliphatic heterocycles. The first-order valence-electron chi connectivity index (χ1n) is 11.4. The van der Waals surface area contributed by atoms with E-state index < -0.39 is 6.09 Å². The summed E-state index contributed by atoms with van der Waals surface area (Å²) in [5, 5.41) is 17.6. The van der Waals surface area contributed by atoms with E-state index in [1.807, 2.05) is 10.9 Å². The van der Waals surface area contributed by atoms with E-state index in [0.717, 1.165) is 55.3 Å². The van der Waals surface area contributed by atoms with Gasteiger partial charge >= 0.3 is 6.09 Å². The molecule has 34 heavy (non-hydrogen) atoms. The molecule has 0 saturated carbocycles. The molecule has 9 nitrogen and oxygen atoms in total. The van der Waals surface area contributed by atoms with Gasteiger partial charge in [0.05, 0.1) is 39.7 Å². The fourth-order valence-corrected chi connectivity index (χ4v) is 4.98. The summed E-state index contributed by atoms with van der Waals surface area (Å²) in [6, 6.07) is 1.52. The maximum atomic E-state index is 11.5. The number of aromatic amines is 1. The van der Waals surface area contributed by atoms with Crippen LogP contribution in [0.5, 0.6) is 0 Å². The van der Waals surface area contributed by atoms with E-state index in [2.05, 4.69) is 15.4 Å². The number of nitrogens with zero attached hydrogens (tertiary/aromatic N) is 2. The minimum atomic E-state index is -1.20. The number of benzene rings is 1. The number of halogens is 2. The lowest BCUT2D eigenvalue weighted by molar-refractivity contribution is -0.169. The smallest absolute Gasteiger partial charge is 0.409 e. The van der Waals surface area contributed by atoms with E-state index in [-0.39, 0.29) is 24.1 Å². The maximum absolute atomic E-state index is 11.5. The van der Waals surface area contributed by atoms with Crippen LogP contribution in [0.4, 0.5) is 10.5 Å². The van der Waals surface area contributed by atoms with Gasteiger partial charge in [-0.25, -0.2) is 9.48 Å². The van der Waals surface area contributed by atoms with Crippen LogP contribution >= 0.6 is 23.2 Å². The van der Waals surface area contributed by atoms with Crippen molar-refractivity contribution in [3.63, 3.8) is 0 Å². The SMILES string of the molecule is O=C(O)Nc1cc(Cl)c(Cl)c2[nH]c(COC3CCCCO3)c(-c3cnn(C4CCCCO4)c3)c12. The molecule has 4 heterocycles. The monoisotopic (exact) mass is 508 g/mol. The lowest BCUT2D eigenvalue weighted by atomic mass is 10.0. The number of nitrogens with one attached hydrogen (secondary N) is 2. The van der Waals surface area contributed by atoms with E-state index in [1.165, 1.54) is 6.07 Å². The fraction of sp³-hybridized carbons (Fsp3) is 0.478. The van der Waals surface area contributed by atoms with Crippen molar-refractivity contribution in [3.8, 4) is 11.1 Å². The highest BCUT2D eigenvalue weighted by molar-refractivity contribution is 6.46. The molecular weight excluding hydrogens is 483 g/mol. The Hall–Kier alpha value is -2.30. The zero-order chi connectivity index (χ0) is 23.7. The minimum absolute atomic E-state index is 0.127. The number of fused-ring (bicyclic) bond motifs is 1. The van der Waals surface area contributed by atoms with Gasteiger partial charge in [0.1, 0.15) is 6.23 Å². The van der Waals surface area contributed by atoms with Crippen molar-refractivity contribution in [2.45, 2.75) is 57.6 Å². The molecule has 1 aromatic carbocycles. The summed E-state index contributed by atoms with van der Waals surface area (Å²) in [7, 11) is 0. The van der Waals surface area contributed by atoms with Gasteiger partial charge in [-0.2, -0.15) is 5.10 Å². The van der Waals surface area contributed by atoms with Gasteiger partial charge in [0.2, 0.25) is 0 Å². The van der Waals surface area contributed by atoms with E-state index in [9.17, 15) is 9.90 Å². The normalized spacial score (nSPS) is 21.1. The van der Waals surface area contributed by atoms with Crippen LogP contribution < -0.4 is 5.32 Å². The van der Waals surface area contributed by atoms with Gasteiger partial charge in [-0.15, -0.1) is 0 Å². The third-order valence-corrected chi connectivity index (χ3v) is 6.97. The summed E-state index contributed by atoms with van der Waals surface area (Å²) in [6.07, 6.45) is 7.94. The second-order valence-corrected chi connectivity index (χ2v) is 9.30. The van der Waals surface area contributed by atoms with Crippen molar-refractivity contribution in [1.82, 2.24) is 14.8 Å². The summed E-state index contributed by atoms with van der Waals surface area (Å²) in [5.41, 5.74) is 3.11. The molecule has 2 atom stereocenters. The first-order valence-corrected chi connectivity index (χ1v) is 12.2. The second kappa shape index (κ2) is 10.1. The molecule has 2 fully saturated rings. The zero-order valence-corrected chi connectivity index (χ0v) is 20.0. The number of carbonyl (C=O) groups is 1. The van der Waals surface area contributed by atoms with Crippen LogP contribution in [0.25, 0.3) is 22.0 Å². The van der Waals surface area contributed by atoms with Gasteiger partial charge < -0.3 is 24.3 Å². The summed E-state index contributed by atoms with van der Waals surface area (Å²) < 4.78 is 19.5. The molecule has 182 valence electrons. The van der Waals surface area contributed by atoms with Crippen LogP contribution in [-0.2, 0) is 20.8 Å². The molecule has 2 aliphatic rings. The van der Waals surface area contributed by atoms with Gasteiger partial charge in [-0.1, -0.05) is 23.2 Å². The van der Waals surface area contributed by atoms with Crippen LogP contribution in [0.2, 0.25) is 10.0 Å². The third-order valence-electron chi connectivity index (χ3n) is 6.18. The molecule has 3 aromatic rings. The number of rotatable bonds is 6. The van der Waals surface area contributed by atoms with E-state index in [1.54, 1.807) is 6.20 Å². The number of hydrogen-bond acceptors (Lipinski definition) is 5. The molecule has 0 aliphatic carbocycles. The molecule has 2 saturated heterocycles. The van der Waals surface area contributed by atoms with Crippen molar-refractivity contribution in [1.29, 1.82) is 0 Å². The second-order valence-electron chi connectivity index (χ2n) is 8.52. The van der Waals surface area contributed by atoms with Crippen molar-refractivity contribution in [2.75, 3.05) is 18.5 Å². The van der Waals surface area contributed by atoms with E-state index in [4.69, 9.17) is 37.4 Å². The van der Waals surface area contributed by atoms with Crippen molar-refractivity contribution in [2.24, 2.45) is 0 Å². The molecule has 0 spiro atoms. The standard InChI is InChI=1S/C23H26Cl2N4O5/c24-14-9-15(28-23(30)31)20-19(13-10-26-29(11-13)17-5-1-3-7-32-17)16(27-22(20)21(14)25)12-34-18-6-2-4-8-33-18/h9-11,17-18,27-28H,1-8,12H2,(H,30,31). The molecule has 1 amide bonds. The predicted octanol–water partition coefficient (Wildman–Crippen LogP) is 6.17. The van der Waals surface area contributed by atoms with Crippen LogP contribution in [0.1, 0.15) is 50.4 Å². The number of ether oxygens (including phenoxy) is 3. The molecule has 2 unspecified atom stereocenters. The maximum Gasteiger partial charge on any atom is 0.409 e. The molecule has 11 heteroatoms. The number of H-pyrrole nitrogens is 1. The van der Waals surface area contributed by atoms with Crippen LogP contribution in [0.3, 0.4) is 0 Å². The average Bonchev–Trinajstić information content (AvgIpc) is 3.47. The molecular formula is C23H26Cl2N4O5. The quantitative estimate of drug-likeness (QED) is 0.367. The molecule has 0 bridgehead atoms. The lowest BCUT2D eigenvalue weighted by Gasteiger charge is -2.23. The van der Waals surface area contributed by atoms with E-state index in [0.29, 0.717) is 34.8 Å². The lowest BCUT2D eigenvalue weighted by Crippen LogP contribution is -2.22. The molecule has 3 N–H and O–H groups in total. The van der Waals surface area contributed by atoms with Gasteiger partial charge in [-0.05, 0) is 44.6 Å². The minimum Gasteiger partial charge on any atom is -0.465 e. The summed E-state index contributed by atoms with van der Waals surface area (Å²) in [4.78, 5) is 14.9. The Morgan fingerprint density at radius 2 is 2.03 bits per heavy atom. The topological polar surface area (TPSA) is 111 Å². The van der Waals surface area contributed by atoms with Crippen molar-refractivity contribution < 1.29 is 24.1 Å². The molecule has 2 aromatic heterocycles. The molecule has 0 radical (unpaired) electrons. The number of amides is 1. The van der Waals surface area contributed by atoms with Crippen molar-refractivity contribution in [3.05, 3.63) is 34.2 Å². The zero-order valence-electron chi connectivity index (χ0n) is 18.5. The fourth-order valence-electron chi connectivity index (χ4n) is 4.58. The van der Waals surface area contributed by atoms with Crippen LogP contribution in [-0.4, -0.2) is 45.5 Å². The summed E-state index contributed by atoms with van der Waals surface area (Å²) in [6.45, 7) is 1.60. The Morgan fingerprint density at radius 1 is 1.24 bits per heavy atom. The number of aromatic nitrogens is 3. The van der Waals surface area contributed by atoms with E-state index >= 15 is 0 Å². The van der Waals surface area contributed by atoms with Crippen LogP contribution in [0, 0.1) is 0 Å². The Balaban J connectivity index is 1.59. The summed E-state index contributed by atoms with van der Waals surface area (Å²) >= 11 is 12.9. The van der Waals surface area contributed by atoms with Crippen molar-refractivity contribution >= 4 is 45.9 Å². The number of carboxylic acid groups (broad SMARTS) is 1. The average molecular weight is 509 g/mol.